The number of rotatable bonds is 3. The van der Waals surface area contributed by atoms with E-state index in [9.17, 15) is 0 Å². The van der Waals surface area contributed by atoms with Gasteiger partial charge in [-0.1, -0.05) is 39.7 Å². The molecule has 19 heavy (non-hydrogen) atoms. The Morgan fingerprint density at radius 3 is 2.79 bits per heavy atom. The van der Waals surface area contributed by atoms with Gasteiger partial charge in [0.25, 0.3) is 0 Å². The number of hydrogen-bond acceptors (Lipinski definition) is 3. The Labute approximate surface area is 129 Å². The summed E-state index contributed by atoms with van der Waals surface area (Å²) in [6, 6.07) is 7.15. The fourth-order valence-electron chi connectivity index (χ4n) is 1.57. The van der Waals surface area contributed by atoms with E-state index in [0.29, 0.717) is 22.2 Å². The summed E-state index contributed by atoms with van der Waals surface area (Å²) in [5.41, 5.74) is 7.23. The van der Waals surface area contributed by atoms with Crippen molar-refractivity contribution < 1.29 is 4.74 Å². The van der Waals surface area contributed by atoms with Crippen LogP contribution >= 0.6 is 39.7 Å². The van der Waals surface area contributed by atoms with Crippen LogP contribution in [0.25, 0.3) is 0 Å². The van der Waals surface area contributed by atoms with E-state index in [1.165, 1.54) is 0 Å². The molecule has 2 aromatic rings. The van der Waals surface area contributed by atoms with Crippen molar-refractivity contribution in [2.24, 2.45) is 5.73 Å². The molecular weight excluding hydrogens is 348 g/mol. The van der Waals surface area contributed by atoms with Crippen molar-refractivity contribution >= 4 is 44.7 Å². The normalized spacial score (nSPS) is 10.3. The molecule has 2 rings (SSSR count). The SMILES string of the molecule is Cc1ccnc(Oc2ccc(Br)cc2Cl)c1C(N)=S. The molecule has 0 aliphatic rings. The van der Waals surface area contributed by atoms with Crippen LogP contribution in [0.1, 0.15) is 11.1 Å². The van der Waals surface area contributed by atoms with Gasteiger partial charge in [-0.15, -0.1) is 0 Å². The number of nitrogens with zero attached hydrogens (tertiary/aromatic N) is 1. The first-order chi connectivity index (χ1) is 8.99. The van der Waals surface area contributed by atoms with Gasteiger partial charge in [0.05, 0.1) is 10.6 Å². The van der Waals surface area contributed by atoms with Crippen molar-refractivity contribution in [1.29, 1.82) is 0 Å². The van der Waals surface area contributed by atoms with Gasteiger partial charge in [0.15, 0.2) is 0 Å². The summed E-state index contributed by atoms with van der Waals surface area (Å²) >= 11 is 14.5. The molecule has 1 aromatic heterocycles. The first-order valence-corrected chi connectivity index (χ1v) is 6.95. The molecule has 2 N–H and O–H groups in total. The number of aromatic nitrogens is 1. The lowest BCUT2D eigenvalue weighted by atomic mass is 10.1. The molecule has 0 fully saturated rings. The largest absolute Gasteiger partial charge is 0.437 e. The standard InChI is InChI=1S/C13H10BrClN2OS/c1-7-4-5-17-13(11(7)12(16)19)18-10-3-2-8(14)6-9(10)15/h2-6H,1H3,(H2,16,19). The molecule has 0 bridgehead atoms. The van der Waals surface area contributed by atoms with Crippen LogP contribution in [0.5, 0.6) is 11.6 Å². The first kappa shape index (κ1) is 14.2. The number of ether oxygens (including phenoxy) is 1. The molecule has 98 valence electrons. The van der Waals surface area contributed by atoms with Crippen molar-refractivity contribution in [2.45, 2.75) is 6.92 Å². The number of pyridine rings is 1. The third-order valence-corrected chi connectivity index (χ3v) is 3.46. The molecule has 0 amide bonds. The van der Waals surface area contributed by atoms with Gasteiger partial charge in [-0.3, -0.25) is 0 Å². The average Bonchev–Trinajstić information content (AvgIpc) is 2.32. The lowest BCUT2D eigenvalue weighted by Crippen LogP contribution is -2.13. The van der Waals surface area contributed by atoms with Crippen LogP contribution in [0, 0.1) is 6.92 Å². The van der Waals surface area contributed by atoms with Crippen molar-refractivity contribution in [3.63, 3.8) is 0 Å². The van der Waals surface area contributed by atoms with Crippen LogP contribution in [0.3, 0.4) is 0 Å². The van der Waals surface area contributed by atoms with Crippen LogP contribution in [0.4, 0.5) is 0 Å². The predicted molar refractivity (Wildman–Crippen MR) is 84.1 cm³/mol. The highest BCUT2D eigenvalue weighted by Crippen LogP contribution is 2.32. The van der Waals surface area contributed by atoms with E-state index in [1.54, 1.807) is 18.3 Å². The van der Waals surface area contributed by atoms with E-state index < -0.39 is 0 Å². The van der Waals surface area contributed by atoms with Crippen LogP contribution in [0.15, 0.2) is 34.9 Å². The minimum Gasteiger partial charge on any atom is -0.437 e. The molecule has 0 radical (unpaired) electrons. The van der Waals surface area contributed by atoms with Crippen LogP contribution in [0.2, 0.25) is 5.02 Å². The zero-order valence-electron chi connectivity index (χ0n) is 9.98. The molecule has 6 heteroatoms. The maximum absolute atomic E-state index is 6.10. The minimum absolute atomic E-state index is 0.244. The van der Waals surface area contributed by atoms with Crippen molar-refractivity contribution in [2.75, 3.05) is 0 Å². The number of hydrogen-bond donors (Lipinski definition) is 1. The Morgan fingerprint density at radius 1 is 1.42 bits per heavy atom. The summed E-state index contributed by atoms with van der Waals surface area (Å²) in [5.74, 6) is 0.859. The van der Waals surface area contributed by atoms with E-state index in [0.717, 1.165) is 10.0 Å². The topological polar surface area (TPSA) is 48.1 Å². The monoisotopic (exact) mass is 356 g/mol. The third-order valence-electron chi connectivity index (χ3n) is 2.47. The summed E-state index contributed by atoms with van der Waals surface area (Å²) in [5, 5.41) is 0.478. The number of thiocarbonyl (C=S) groups is 1. The number of halogens is 2. The molecule has 0 spiro atoms. The molecule has 0 aliphatic heterocycles. The zero-order valence-corrected chi connectivity index (χ0v) is 13.1. The summed E-state index contributed by atoms with van der Waals surface area (Å²) in [4.78, 5) is 4.40. The Kier molecular flexibility index (Phi) is 4.39. The minimum atomic E-state index is 0.244. The van der Waals surface area contributed by atoms with E-state index in [2.05, 4.69) is 20.9 Å². The third kappa shape index (κ3) is 3.23. The number of aryl methyl sites for hydroxylation is 1. The van der Waals surface area contributed by atoms with Gasteiger partial charge in [-0.25, -0.2) is 4.98 Å². The molecule has 0 saturated heterocycles. The van der Waals surface area contributed by atoms with Gasteiger partial charge < -0.3 is 10.5 Å². The van der Waals surface area contributed by atoms with Crippen molar-refractivity contribution in [3.05, 3.63) is 51.1 Å². The second-order valence-electron chi connectivity index (χ2n) is 3.85. The zero-order chi connectivity index (χ0) is 14.0. The van der Waals surface area contributed by atoms with Crippen LogP contribution < -0.4 is 10.5 Å². The van der Waals surface area contributed by atoms with E-state index >= 15 is 0 Å². The van der Waals surface area contributed by atoms with Crippen LogP contribution in [-0.2, 0) is 0 Å². The molecule has 1 heterocycles. The predicted octanol–water partition coefficient (Wildman–Crippen LogP) is 4.23. The maximum Gasteiger partial charge on any atom is 0.229 e. The highest BCUT2D eigenvalue weighted by molar-refractivity contribution is 9.10. The first-order valence-electron chi connectivity index (χ1n) is 5.37. The summed E-state index contributed by atoms with van der Waals surface area (Å²) in [7, 11) is 0. The average molecular weight is 358 g/mol. The Hall–Kier alpha value is -1.17. The second kappa shape index (κ2) is 5.86. The Morgan fingerprint density at radius 2 is 2.16 bits per heavy atom. The number of nitrogens with two attached hydrogens (primary N) is 1. The Bertz CT molecular complexity index is 649. The smallest absolute Gasteiger partial charge is 0.229 e. The molecular formula is C13H10BrClN2OS. The second-order valence-corrected chi connectivity index (χ2v) is 5.61. The summed E-state index contributed by atoms with van der Waals surface area (Å²) in [6.45, 7) is 1.90. The van der Waals surface area contributed by atoms with Crippen LogP contribution in [-0.4, -0.2) is 9.97 Å². The van der Waals surface area contributed by atoms with Gasteiger partial charge in [0.1, 0.15) is 10.7 Å². The lowest BCUT2D eigenvalue weighted by Gasteiger charge is -2.12. The molecule has 1 aromatic carbocycles. The quantitative estimate of drug-likeness (QED) is 0.835. The van der Waals surface area contributed by atoms with Gasteiger partial charge >= 0.3 is 0 Å². The highest BCUT2D eigenvalue weighted by Gasteiger charge is 2.13. The lowest BCUT2D eigenvalue weighted by molar-refractivity contribution is 0.461. The van der Waals surface area contributed by atoms with Crippen molar-refractivity contribution in [3.8, 4) is 11.6 Å². The molecule has 0 unspecified atom stereocenters. The van der Waals surface area contributed by atoms with Gasteiger partial charge in [-0.2, -0.15) is 0 Å². The highest BCUT2D eigenvalue weighted by atomic mass is 79.9. The fraction of sp³-hybridized carbons (Fsp3) is 0.0769. The molecule has 0 aliphatic carbocycles. The van der Waals surface area contributed by atoms with E-state index in [-0.39, 0.29) is 4.99 Å². The summed E-state index contributed by atoms with van der Waals surface area (Å²) in [6.07, 6.45) is 1.64. The number of benzene rings is 1. The Balaban J connectivity index is 2.44. The van der Waals surface area contributed by atoms with Gasteiger partial charge in [-0.05, 0) is 36.8 Å². The van der Waals surface area contributed by atoms with Crippen molar-refractivity contribution in [1.82, 2.24) is 4.98 Å². The van der Waals surface area contributed by atoms with E-state index in [1.807, 2.05) is 19.1 Å². The summed E-state index contributed by atoms with van der Waals surface area (Å²) < 4.78 is 6.58. The molecule has 3 nitrogen and oxygen atoms in total. The fourth-order valence-corrected chi connectivity index (χ4v) is 2.53. The van der Waals surface area contributed by atoms with Gasteiger partial charge in [0.2, 0.25) is 5.88 Å². The van der Waals surface area contributed by atoms with E-state index in [4.69, 9.17) is 34.3 Å². The van der Waals surface area contributed by atoms with Gasteiger partial charge in [0, 0.05) is 10.7 Å². The molecule has 0 saturated carbocycles. The maximum atomic E-state index is 6.10. The molecule has 0 atom stereocenters.